The number of benzene rings is 1. The average Bonchev–Trinajstić information content (AvgIpc) is 2.35. The van der Waals surface area contributed by atoms with Crippen LogP contribution in [0.15, 0.2) is 18.2 Å². The molecular formula is C13H19ClN4O. The Morgan fingerprint density at radius 3 is 2.53 bits per heavy atom. The molecule has 1 aromatic carbocycles. The molecule has 0 spiro atoms. The first-order chi connectivity index (χ1) is 8.99. The van der Waals surface area contributed by atoms with Gasteiger partial charge in [0.05, 0.1) is 10.7 Å². The number of nitrogens with zero attached hydrogens (tertiary/aromatic N) is 1. The molecule has 1 rings (SSSR count). The van der Waals surface area contributed by atoms with E-state index in [0.29, 0.717) is 23.8 Å². The van der Waals surface area contributed by atoms with E-state index >= 15 is 0 Å². The molecule has 0 aliphatic rings. The number of rotatable bonds is 3. The average molecular weight is 283 g/mol. The van der Waals surface area contributed by atoms with Gasteiger partial charge < -0.3 is 10.2 Å². The lowest BCUT2D eigenvalue weighted by Crippen LogP contribution is -2.45. The van der Waals surface area contributed by atoms with Crippen LogP contribution in [0.4, 0.5) is 10.5 Å². The van der Waals surface area contributed by atoms with Crippen molar-refractivity contribution in [1.29, 1.82) is 5.41 Å². The third-order valence-electron chi connectivity index (χ3n) is 2.77. The van der Waals surface area contributed by atoms with Crippen LogP contribution in [-0.2, 0) is 0 Å². The summed E-state index contributed by atoms with van der Waals surface area (Å²) in [5.41, 5.74) is 1.44. The molecule has 0 aliphatic heterocycles. The molecule has 0 atom stereocenters. The van der Waals surface area contributed by atoms with Gasteiger partial charge in [0.15, 0.2) is 5.96 Å². The number of hydrogen-bond donors (Lipinski definition) is 3. The minimum absolute atomic E-state index is 0.0761. The third kappa shape index (κ3) is 4.13. The second-order valence-corrected chi connectivity index (χ2v) is 4.44. The summed E-state index contributed by atoms with van der Waals surface area (Å²) in [5.74, 6) is 0.0761. The normalized spacial score (nSPS) is 9.89. The zero-order chi connectivity index (χ0) is 14.4. The van der Waals surface area contributed by atoms with E-state index in [-0.39, 0.29) is 5.96 Å². The maximum atomic E-state index is 11.8. The smallest absolute Gasteiger partial charge is 0.326 e. The molecule has 3 N–H and O–H groups in total. The number of anilines is 1. The first kappa shape index (κ1) is 15.3. The Hall–Kier alpha value is -1.75. The molecule has 6 heteroatoms. The maximum Gasteiger partial charge on any atom is 0.326 e. The lowest BCUT2D eigenvalue weighted by molar-refractivity contribution is 0.254. The maximum absolute atomic E-state index is 11.8. The molecule has 0 aromatic heterocycles. The van der Waals surface area contributed by atoms with Crippen molar-refractivity contribution in [2.24, 2.45) is 0 Å². The van der Waals surface area contributed by atoms with Gasteiger partial charge in [0, 0.05) is 13.1 Å². The van der Waals surface area contributed by atoms with Crippen LogP contribution in [0, 0.1) is 12.3 Å². The molecule has 2 amide bonds. The van der Waals surface area contributed by atoms with Crippen molar-refractivity contribution in [3.63, 3.8) is 0 Å². The molecule has 0 aliphatic carbocycles. The predicted molar refractivity (Wildman–Crippen MR) is 79.0 cm³/mol. The number of carbonyl (C=O) groups is 1. The molecule has 0 saturated carbocycles. The quantitative estimate of drug-likeness (QED) is 0.589. The van der Waals surface area contributed by atoms with Crippen LogP contribution in [0.5, 0.6) is 0 Å². The summed E-state index contributed by atoms with van der Waals surface area (Å²) in [6, 6.07) is 4.92. The number of para-hydroxylation sites is 1. The van der Waals surface area contributed by atoms with Gasteiger partial charge in [-0.2, -0.15) is 0 Å². The van der Waals surface area contributed by atoms with Crippen molar-refractivity contribution in [3.8, 4) is 0 Å². The van der Waals surface area contributed by atoms with Gasteiger partial charge in [-0.25, -0.2) is 4.79 Å². The van der Waals surface area contributed by atoms with E-state index in [1.165, 1.54) is 0 Å². The van der Waals surface area contributed by atoms with Crippen LogP contribution >= 0.6 is 11.6 Å². The summed E-state index contributed by atoms with van der Waals surface area (Å²) in [5, 5.41) is 13.4. The predicted octanol–water partition coefficient (Wildman–Crippen LogP) is 3.05. The molecule has 5 nitrogen and oxygen atoms in total. The Morgan fingerprint density at radius 2 is 2.00 bits per heavy atom. The lowest BCUT2D eigenvalue weighted by atomic mass is 10.2. The van der Waals surface area contributed by atoms with Crippen LogP contribution in [-0.4, -0.2) is 30.0 Å². The number of hydrogen-bond acceptors (Lipinski definition) is 2. The highest BCUT2D eigenvalue weighted by Crippen LogP contribution is 2.24. The fourth-order valence-electron chi connectivity index (χ4n) is 1.66. The molecule has 0 unspecified atom stereocenters. The van der Waals surface area contributed by atoms with Crippen molar-refractivity contribution < 1.29 is 4.79 Å². The van der Waals surface area contributed by atoms with Gasteiger partial charge in [-0.15, -0.1) is 0 Å². The summed E-state index contributed by atoms with van der Waals surface area (Å²) in [7, 11) is 0. The molecule has 104 valence electrons. The van der Waals surface area contributed by atoms with Gasteiger partial charge in [-0.05, 0) is 32.4 Å². The van der Waals surface area contributed by atoms with Crippen LogP contribution in [0.2, 0.25) is 5.02 Å². The summed E-state index contributed by atoms with van der Waals surface area (Å²) in [6.45, 7) is 7.05. The summed E-state index contributed by atoms with van der Waals surface area (Å²) < 4.78 is 0. The number of carbonyl (C=O) groups excluding carboxylic acids is 1. The zero-order valence-corrected chi connectivity index (χ0v) is 12.1. The van der Waals surface area contributed by atoms with Gasteiger partial charge >= 0.3 is 6.03 Å². The largest absolute Gasteiger partial charge is 0.343 e. The molecule has 0 bridgehead atoms. The van der Waals surface area contributed by atoms with Crippen LogP contribution in [0.25, 0.3) is 0 Å². The van der Waals surface area contributed by atoms with Crippen molar-refractivity contribution in [3.05, 3.63) is 28.8 Å². The first-order valence-corrected chi connectivity index (χ1v) is 6.54. The van der Waals surface area contributed by atoms with Crippen molar-refractivity contribution in [2.45, 2.75) is 20.8 Å². The lowest BCUT2D eigenvalue weighted by Gasteiger charge is -2.22. The Balaban J connectivity index is 2.68. The standard InChI is InChI=1S/C13H19ClN4O/c1-4-18(5-2)12(15)17-13(19)16-11-9(3)7-6-8-10(11)14/h6-8H,4-5H2,1-3H3,(H3,15,16,17,19). The second kappa shape index (κ2) is 6.99. The van der Waals surface area contributed by atoms with Gasteiger partial charge in [-0.3, -0.25) is 10.7 Å². The molecule has 0 fully saturated rings. The van der Waals surface area contributed by atoms with E-state index in [1.54, 1.807) is 11.0 Å². The number of aryl methyl sites for hydroxylation is 1. The Labute approximate surface area is 118 Å². The van der Waals surface area contributed by atoms with Gasteiger partial charge in [0.1, 0.15) is 0 Å². The van der Waals surface area contributed by atoms with Crippen molar-refractivity contribution in [2.75, 3.05) is 18.4 Å². The Kier molecular flexibility index (Phi) is 5.63. The first-order valence-electron chi connectivity index (χ1n) is 6.16. The van der Waals surface area contributed by atoms with E-state index in [9.17, 15) is 4.79 Å². The van der Waals surface area contributed by atoms with Gasteiger partial charge in [0.25, 0.3) is 0 Å². The van der Waals surface area contributed by atoms with Crippen LogP contribution < -0.4 is 10.6 Å². The van der Waals surface area contributed by atoms with E-state index in [4.69, 9.17) is 17.0 Å². The number of amides is 2. The number of guanidine groups is 1. The number of halogens is 1. The van der Waals surface area contributed by atoms with E-state index in [2.05, 4.69) is 10.6 Å². The summed E-state index contributed by atoms with van der Waals surface area (Å²) >= 11 is 6.02. The van der Waals surface area contributed by atoms with Gasteiger partial charge in [0.2, 0.25) is 0 Å². The second-order valence-electron chi connectivity index (χ2n) is 4.03. The van der Waals surface area contributed by atoms with Crippen LogP contribution in [0.3, 0.4) is 0 Å². The molecular weight excluding hydrogens is 264 g/mol. The molecule has 1 aromatic rings. The highest BCUT2D eigenvalue weighted by molar-refractivity contribution is 6.34. The Morgan fingerprint density at radius 1 is 1.37 bits per heavy atom. The third-order valence-corrected chi connectivity index (χ3v) is 3.09. The number of nitrogens with one attached hydrogen (secondary N) is 3. The summed E-state index contributed by atoms with van der Waals surface area (Å²) in [4.78, 5) is 13.6. The minimum Gasteiger partial charge on any atom is -0.343 e. The van der Waals surface area contributed by atoms with E-state index < -0.39 is 6.03 Å². The minimum atomic E-state index is -0.465. The zero-order valence-electron chi connectivity index (χ0n) is 11.4. The molecule has 0 saturated heterocycles. The summed E-state index contributed by atoms with van der Waals surface area (Å²) in [6.07, 6.45) is 0. The molecule has 19 heavy (non-hydrogen) atoms. The molecule has 0 heterocycles. The number of urea groups is 1. The van der Waals surface area contributed by atoms with Crippen LogP contribution in [0.1, 0.15) is 19.4 Å². The van der Waals surface area contributed by atoms with Crippen molar-refractivity contribution in [1.82, 2.24) is 10.2 Å². The van der Waals surface area contributed by atoms with E-state index in [1.807, 2.05) is 32.9 Å². The Bertz CT molecular complexity index is 451. The fraction of sp³-hybridized carbons (Fsp3) is 0.385. The molecule has 0 radical (unpaired) electrons. The fourth-order valence-corrected chi connectivity index (χ4v) is 1.93. The van der Waals surface area contributed by atoms with E-state index in [0.717, 1.165) is 5.56 Å². The highest BCUT2D eigenvalue weighted by Gasteiger charge is 2.12. The van der Waals surface area contributed by atoms with Gasteiger partial charge in [-0.1, -0.05) is 23.7 Å². The monoisotopic (exact) mass is 282 g/mol. The topological polar surface area (TPSA) is 68.2 Å². The van der Waals surface area contributed by atoms with Crippen molar-refractivity contribution >= 4 is 29.3 Å². The SMILES string of the molecule is CCN(CC)C(=N)NC(=O)Nc1c(C)cccc1Cl. The highest BCUT2D eigenvalue weighted by atomic mass is 35.5.